The first-order valence-electron chi connectivity index (χ1n) is 6.79. The standard InChI is InChI=1S/C15H13N3O5/c1-22-9-17-14-11(7-8-12(16-14)18(20)21)23-13(15(17)19)10-5-3-2-4-6-10/h2-8,13H,9H2,1H3. The van der Waals surface area contributed by atoms with Gasteiger partial charge in [0.1, 0.15) is 6.73 Å². The number of carbonyl (C=O) groups is 1. The van der Waals surface area contributed by atoms with Gasteiger partial charge in [0.15, 0.2) is 5.75 Å². The van der Waals surface area contributed by atoms with E-state index in [1.807, 2.05) is 6.07 Å². The number of anilines is 1. The molecule has 2 heterocycles. The van der Waals surface area contributed by atoms with Crippen molar-refractivity contribution in [3.63, 3.8) is 0 Å². The molecule has 0 N–H and O–H groups in total. The number of benzene rings is 1. The minimum atomic E-state index is -0.845. The third-order valence-corrected chi connectivity index (χ3v) is 3.36. The van der Waals surface area contributed by atoms with Crippen LogP contribution >= 0.6 is 0 Å². The SMILES string of the molecule is COCN1C(=O)C(c2ccccc2)Oc2ccc([N+](=O)[O-])nc21. The van der Waals surface area contributed by atoms with Gasteiger partial charge in [-0.2, -0.15) is 0 Å². The maximum absolute atomic E-state index is 12.7. The normalized spacial score (nSPS) is 16.7. The lowest BCUT2D eigenvalue weighted by molar-refractivity contribution is -0.389. The molecule has 1 aliphatic heterocycles. The summed E-state index contributed by atoms with van der Waals surface area (Å²) in [6.07, 6.45) is -0.845. The number of hydrogen-bond acceptors (Lipinski definition) is 6. The Hall–Kier alpha value is -3.00. The number of rotatable bonds is 4. The van der Waals surface area contributed by atoms with Gasteiger partial charge in [0.05, 0.1) is 0 Å². The maximum Gasteiger partial charge on any atom is 0.366 e. The van der Waals surface area contributed by atoms with E-state index in [0.29, 0.717) is 11.3 Å². The molecule has 2 aromatic rings. The number of fused-ring (bicyclic) bond motifs is 1. The molecule has 0 spiro atoms. The van der Waals surface area contributed by atoms with E-state index < -0.39 is 16.9 Å². The highest BCUT2D eigenvalue weighted by atomic mass is 16.6. The molecule has 3 rings (SSSR count). The molecule has 0 aliphatic carbocycles. The Morgan fingerprint density at radius 2 is 2.04 bits per heavy atom. The summed E-state index contributed by atoms with van der Waals surface area (Å²) in [6.45, 7) is -0.0767. The summed E-state index contributed by atoms with van der Waals surface area (Å²) in [6, 6.07) is 11.7. The molecule has 1 aromatic carbocycles. The third kappa shape index (κ3) is 2.71. The first kappa shape index (κ1) is 14.9. The van der Waals surface area contributed by atoms with E-state index in [1.54, 1.807) is 24.3 Å². The summed E-state index contributed by atoms with van der Waals surface area (Å²) in [7, 11) is 1.43. The maximum atomic E-state index is 12.7. The van der Waals surface area contributed by atoms with Crippen LogP contribution in [0.1, 0.15) is 11.7 Å². The Bertz CT molecular complexity index is 750. The lowest BCUT2D eigenvalue weighted by Crippen LogP contribution is -2.42. The number of nitro groups is 1. The summed E-state index contributed by atoms with van der Waals surface area (Å²) < 4.78 is 10.7. The summed E-state index contributed by atoms with van der Waals surface area (Å²) >= 11 is 0. The molecule has 1 aliphatic rings. The van der Waals surface area contributed by atoms with Gasteiger partial charge < -0.3 is 19.6 Å². The second-order valence-electron chi connectivity index (χ2n) is 4.84. The zero-order valence-electron chi connectivity index (χ0n) is 12.2. The molecule has 1 aromatic heterocycles. The van der Waals surface area contributed by atoms with Crippen LogP contribution in [0.2, 0.25) is 0 Å². The molecule has 0 saturated carbocycles. The van der Waals surface area contributed by atoms with Crippen LogP contribution in [-0.4, -0.2) is 29.7 Å². The fourth-order valence-electron chi connectivity index (χ4n) is 2.33. The minimum Gasteiger partial charge on any atom is -0.469 e. The van der Waals surface area contributed by atoms with Crippen LogP contribution in [0.3, 0.4) is 0 Å². The van der Waals surface area contributed by atoms with Gasteiger partial charge in [0.25, 0.3) is 11.7 Å². The van der Waals surface area contributed by atoms with Gasteiger partial charge in [0.2, 0.25) is 6.10 Å². The van der Waals surface area contributed by atoms with Crippen LogP contribution in [0.5, 0.6) is 5.75 Å². The summed E-state index contributed by atoms with van der Waals surface area (Å²) in [5.74, 6) is -0.378. The second-order valence-corrected chi connectivity index (χ2v) is 4.84. The Labute approximate surface area is 131 Å². The fraction of sp³-hybridized carbons (Fsp3) is 0.200. The predicted octanol–water partition coefficient (Wildman–Crippen LogP) is 2.06. The molecule has 0 saturated heterocycles. The highest BCUT2D eigenvalue weighted by Crippen LogP contribution is 2.38. The number of ether oxygens (including phenoxy) is 2. The average Bonchev–Trinajstić information content (AvgIpc) is 2.57. The Balaban J connectivity index is 2.06. The van der Waals surface area contributed by atoms with Crippen LogP contribution < -0.4 is 9.64 Å². The van der Waals surface area contributed by atoms with Gasteiger partial charge in [-0.15, -0.1) is 0 Å². The van der Waals surface area contributed by atoms with Crippen LogP contribution in [0.25, 0.3) is 0 Å². The highest BCUT2D eigenvalue weighted by Gasteiger charge is 2.39. The second kappa shape index (κ2) is 6.01. The number of aromatic nitrogens is 1. The first-order valence-corrected chi connectivity index (χ1v) is 6.79. The van der Waals surface area contributed by atoms with E-state index in [4.69, 9.17) is 9.47 Å². The number of nitrogens with zero attached hydrogens (tertiary/aromatic N) is 3. The molecule has 0 radical (unpaired) electrons. The monoisotopic (exact) mass is 315 g/mol. The van der Waals surface area contributed by atoms with E-state index in [0.717, 1.165) is 0 Å². The van der Waals surface area contributed by atoms with Crippen LogP contribution in [0.4, 0.5) is 11.6 Å². The van der Waals surface area contributed by atoms with Crippen molar-refractivity contribution in [3.05, 3.63) is 58.1 Å². The van der Waals surface area contributed by atoms with Crippen LogP contribution in [0, 0.1) is 10.1 Å². The van der Waals surface area contributed by atoms with Crippen molar-refractivity contribution in [1.82, 2.24) is 4.98 Å². The van der Waals surface area contributed by atoms with E-state index in [-0.39, 0.29) is 18.4 Å². The van der Waals surface area contributed by atoms with Gasteiger partial charge in [0, 0.05) is 18.7 Å². The highest BCUT2D eigenvalue weighted by molar-refractivity contribution is 5.99. The van der Waals surface area contributed by atoms with Crippen molar-refractivity contribution in [2.75, 3.05) is 18.7 Å². The Morgan fingerprint density at radius 1 is 1.30 bits per heavy atom. The van der Waals surface area contributed by atoms with Gasteiger partial charge in [-0.05, 0) is 16.0 Å². The molecular formula is C15H13N3O5. The molecule has 8 nitrogen and oxygen atoms in total. The molecule has 1 atom stereocenters. The van der Waals surface area contributed by atoms with Crippen molar-refractivity contribution < 1.29 is 19.2 Å². The molecule has 8 heteroatoms. The average molecular weight is 315 g/mol. The minimum absolute atomic E-state index is 0.0767. The number of amides is 1. The van der Waals surface area contributed by atoms with Gasteiger partial charge >= 0.3 is 5.82 Å². The molecule has 23 heavy (non-hydrogen) atoms. The molecule has 1 unspecified atom stereocenters. The molecule has 0 bridgehead atoms. The first-order chi connectivity index (χ1) is 11.1. The van der Waals surface area contributed by atoms with Crippen LogP contribution in [0.15, 0.2) is 42.5 Å². The zero-order chi connectivity index (χ0) is 16.4. The molecular weight excluding hydrogens is 302 g/mol. The largest absolute Gasteiger partial charge is 0.469 e. The van der Waals surface area contributed by atoms with E-state index in [2.05, 4.69) is 4.98 Å². The van der Waals surface area contributed by atoms with Crippen molar-refractivity contribution >= 4 is 17.5 Å². The van der Waals surface area contributed by atoms with Crippen molar-refractivity contribution in [1.29, 1.82) is 0 Å². The van der Waals surface area contributed by atoms with Gasteiger partial charge in [-0.25, -0.2) is 4.90 Å². The molecule has 0 fully saturated rings. The van der Waals surface area contributed by atoms with Gasteiger partial charge in [-0.1, -0.05) is 30.3 Å². The van der Waals surface area contributed by atoms with Gasteiger partial charge in [-0.3, -0.25) is 4.79 Å². The van der Waals surface area contributed by atoms with E-state index in [1.165, 1.54) is 24.1 Å². The molecule has 118 valence electrons. The number of carbonyl (C=O) groups excluding carboxylic acids is 1. The number of methoxy groups -OCH3 is 1. The lowest BCUT2D eigenvalue weighted by Gasteiger charge is -2.30. The Morgan fingerprint density at radius 3 is 2.70 bits per heavy atom. The van der Waals surface area contributed by atoms with Crippen molar-refractivity contribution in [2.24, 2.45) is 0 Å². The molecule has 1 amide bonds. The Kier molecular flexibility index (Phi) is 3.90. The third-order valence-electron chi connectivity index (χ3n) is 3.36. The topological polar surface area (TPSA) is 94.8 Å². The van der Waals surface area contributed by atoms with Crippen molar-refractivity contribution in [2.45, 2.75) is 6.10 Å². The lowest BCUT2D eigenvalue weighted by atomic mass is 10.1. The smallest absolute Gasteiger partial charge is 0.366 e. The summed E-state index contributed by atoms with van der Waals surface area (Å²) in [5, 5.41) is 10.9. The van der Waals surface area contributed by atoms with Crippen LogP contribution in [-0.2, 0) is 9.53 Å². The fourth-order valence-corrected chi connectivity index (χ4v) is 2.33. The van der Waals surface area contributed by atoms with E-state index >= 15 is 0 Å². The quantitative estimate of drug-likeness (QED) is 0.633. The number of hydrogen-bond donors (Lipinski definition) is 0. The summed E-state index contributed by atoms with van der Waals surface area (Å²) in [4.78, 5) is 28.1. The zero-order valence-corrected chi connectivity index (χ0v) is 12.2. The number of pyridine rings is 1. The van der Waals surface area contributed by atoms with E-state index in [9.17, 15) is 14.9 Å². The predicted molar refractivity (Wildman–Crippen MR) is 80.1 cm³/mol. The van der Waals surface area contributed by atoms with Crippen molar-refractivity contribution in [3.8, 4) is 5.75 Å². The summed E-state index contributed by atoms with van der Waals surface area (Å²) in [5.41, 5.74) is 0.683.